The van der Waals surface area contributed by atoms with Gasteiger partial charge in [0.05, 0.1) is 19.0 Å². The van der Waals surface area contributed by atoms with Crippen molar-refractivity contribution in [3.05, 3.63) is 35.0 Å². The molecule has 17 heavy (non-hydrogen) atoms. The first-order valence-electron chi connectivity index (χ1n) is 5.20. The summed E-state index contributed by atoms with van der Waals surface area (Å²) in [5, 5.41) is 11.5. The molecular weight excluding hydrogens is 240 g/mol. The van der Waals surface area contributed by atoms with Crippen LogP contribution >= 0.6 is 0 Å². The van der Waals surface area contributed by atoms with Crippen LogP contribution in [-0.4, -0.2) is 45.2 Å². The van der Waals surface area contributed by atoms with Crippen molar-refractivity contribution in [1.29, 1.82) is 0 Å². The second-order valence-electron chi connectivity index (χ2n) is 4.63. The van der Waals surface area contributed by atoms with E-state index in [1.165, 1.54) is 21.1 Å². The second-order valence-corrected chi connectivity index (χ2v) is 6.68. The predicted molar refractivity (Wildman–Crippen MR) is 66.5 cm³/mol. The quantitative estimate of drug-likeness (QED) is 0.462. The van der Waals surface area contributed by atoms with Crippen LogP contribution in [0, 0.1) is 12.1 Å². The van der Waals surface area contributed by atoms with Gasteiger partial charge < -0.3 is 9.85 Å². The van der Waals surface area contributed by atoms with E-state index in [0.29, 0.717) is 0 Å². The molecular formula is C11H18N2O3S. The summed E-state index contributed by atoms with van der Waals surface area (Å²) in [5.74, 6) is 0. The summed E-state index contributed by atoms with van der Waals surface area (Å²) < 4.78 is 24.6. The average molecular weight is 258 g/mol. The van der Waals surface area contributed by atoms with Crippen molar-refractivity contribution in [2.45, 2.75) is 11.8 Å². The molecule has 0 aliphatic heterocycles. The van der Waals surface area contributed by atoms with Crippen LogP contribution in [0.25, 0.3) is 0 Å². The lowest BCUT2D eigenvalue weighted by atomic mass is 10.2. The van der Waals surface area contributed by atoms with E-state index in [9.17, 15) is 13.6 Å². The highest BCUT2D eigenvalue weighted by molar-refractivity contribution is 7.89. The minimum atomic E-state index is -3.57. The van der Waals surface area contributed by atoms with Crippen LogP contribution in [0.5, 0.6) is 0 Å². The van der Waals surface area contributed by atoms with Gasteiger partial charge in [-0.25, -0.2) is 8.42 Å². The molecule has 6 heteroatoms. The third kappa shape index (κ3) is 3.78. The van der Waals surface area contributed by atoms with Crippen LogP contribution < -0.4 is 0 Å². The van der Waals surface area contributed by atoms with E-state index in [1.54, 1.807) is 24.3 Å². The summed E-state index contributed by atoms with van der Waals surface area (Å²) in [6.45, 7) is 1.77. The molecule has 0 saturated carbocycles. The highest BCUT2D eigenvalue weighted by Gasteiger charge is 2.23. The molecule has 0 saturated heterocycles. The van der Waals surface area contributed by atoms with Gasteiger partial charge in [0.1, 0.15) is 6.67 Å². The molecule has 0 aliphatic rings. The van der Waals surface area contributed by atoms with Crippen molar-refractivity contribution >= 4 is 10.0 Å². The molecule has 0 unspecified atom stereocenters. The molecule has 0 aliphatic carbocycles. The van der Waals surface area contributed by atoms with E-state index in [2.05, 4.69) is 0 Å². The molecule has 1 aromatic carbocycles. The molecule has 0 amide bonds. The molecule has 5 nitrogen and oxygen atoms in total. The number of hydroxylamine groups is 3. The van der Waals surface area contributed by atoms with Gasteiger partial charge in [-0.2, -0.15) is 4.31 Å². The molecule has 0 aromatic heterocycles. The van der Waals surface area contributed by atoms with Gasteiger partial charge in [0.2, 0.25) is 10.0 Å². The fourth-order valence-corrected chi connectivity index (χ4v) is 2.72. The smallest absolute Gasteiger partial charge is 0.247 e. The van der Waals surface area contributed by atoms with Gasteiger partial charge in [-0.05, 0) is 19.1 Å². The Balaban J connectivity index is 2.99. The molecule has 96 valence electrons. The Hall–Kier alpha value is -0.950. The fourth-order valence-electron chi connectivity index (χ4n) is 1.45. The Morgan fingerprint density at radius 3 is 2.12 bits per heavy atom. The fraction of sp³-hybridized carbons (Fsp3) is 0.455. The van der Waals surface area contributed by atoms with Gasteiger partial charge in [0.15, 0.2) is 0 Å². The number of hydrogen-bond acceptors (Lipinski definition) is 3. The highest BCUT2D eigenvalue weighted by atomic mass is 32.2. The van der Waals surface area contributed by atoms with Crippen molar-refractivity contribution in [2.75, 3.05) is 27.8 Å². The zero-order valence-corrected chi connectivity index (χ0v) is 11.4. The molecule has 0 N–H and O–H groups in total. The number of aryl methyl sites for hydroxylation is 1. The molecule has 0 fully saturated rings. The van der Waals surface area contributed by atoms with Crippen LogP contribution in [-0.2, 0) is 10.0 Å². The maximum atomic E-state index is 12.1. The lowest BCUT2D eigenvalue weighted by Gasteiger charge is -2.36. The molecule has 0 atom stereocenters. The predicted octanol–water partition coefficient (Wildman–Crippen LogP) is 1.15. The normalized spacial score (nSPS) is 13.1. The lowest BCUT2D eigenvalue weighted by Crippen LogP contribution is -2.44. The molecule has 0 bridgehead atoms. The van der Waals surface area contributed by atoms with Crippen molar-refractivity contribution in [3.8, 4) is 0 Å². The number of quaternary nitrogens is 1. The zero-order chi connectivity index (χ0) is 13.3. The largest absolute Gasteiger partial charge is 0.632 e. The van der Waals surface area contributed by atoms with E-state index >= 15 is 0 Å². The number of hydrogen-bond donors (Lipinski definition) is 0. The summed E-state index contributed by atoms with van der Waals surface area (Å²) in [6, 6.07) is 6.56. The zero-order valence-electron chi connectivity index (χ0n) is 10.5. The lowest BCUT2D eigenvalue weighted by molar-refractivity contribution is -0.848. The molecule has 0 spiro atoms. The number of sulfonamides is 1. The SMILES string of the molecule is Cc1ccc(S(=O)(=O)N(C)C[N+](C)(C)[O-])cc1. The second kappa shape index (κ2) is 4.73. The maximum absolute atomic E-state index is 12.1. The highest BCUT2D eigenvalue weighted by Crippen LogP contribution is 2.15. The molecule has 0 heterocycles. The van der Waals surface area contributed by atoms with Gasteiger partial charge in [-0.1, -0.05) is 17.7 Å². The van der Waals surface area contributed by atoms with Crippen molar-refractivity contribution in [1.82, 2.24) is 4.31 Å². The minimum absolute atomic E-state index is 0.115. The summed E-state index contributed by atoms with van der Waals surface area (Å²) in [7, 11) is 0.646. The topological polar surface area (TPSA) is 60.4 Å². The van der Waals surface area contributed by atoms with Crippen molar-refractivity contribution in [3.63, 3.8) is 0 Å². The van der Waals surface area contributed by atoms with Crippen LogP contribution in [0.15, 0.2) is 29.2 Å². The van der Waals surface area contributed by atoms with Crippen LogP contribution in [0.2, 0.25) is 0 Å². The number of rotatable bonds is 4. The monoisotopic (exact) mass is 258 g/mol. The van der Waals surface area contributed by atoms with Gasteiger partial charge in [0.25, 0.3) is 0 Å². The van der Waals surface area contributed by atoms with Gasteiger partial charge >= 0.3 is 0 Å². The number of benzene rings is 1. The van der Waals surface area contributed by atoms with E-state index in [-0.39, 0.29) is 11.6 Å². The van der Waals surface area contributed by atoms with E-state index in [4.69, 9.17) is 0 Å². The minimum Gasteiger partial charge on any atom is -0.632 e. The van der Waals surface area contributed by atoms with Gasteiger partial charge in [-0.15, -0.1) is 0 Å². The third-order valence-electron chi connectivity index (χ3n) is 2.27. The first-order chi connectivity index (χ1) is 7.63. The molecule has 1 rings (SSSR count). The maximum Gasteiger partial charge on any atom is 0.247 e. The Morgan fingerprint density at radius 2 is 1.71 bits per heavy atom. The van der Waals surface area contributed by atoms with Gasteiger partial charge in [0, 0.05) is 7.05 Å². The first-order valence-corrected chi connectivity index (χ1v) is 6.64. The first kappa shape index (κ1) is 14.1. The van der Waals surface area contributed by atoms with Crippen LogP contribution in [0.3, 0.4) is 0 Å². The van der Waals surface area contributed by atoms with Crippen molar-refractivity contribution in [2.24, 2.45) is 0 Å². The standard InChI is InChI=1S/C11H18N2O3S/c1-10-5-7-11(8-6-10)17(15,16)12(2)9-13(3,4)14/h5-8H,9H2,1-4H3. The Labute approximate surface area is 102 Å². The van der Waals surface area contributed by atoms with Crippen LogP contribution in [0.1, 0.15) is 5.56 Å². The Kier molecular flexibility index (Phi) is 3.93. The van der Waals surface area contributed by atoms with Gasteiger partial charge in [-0.3, -0.25) is 0 Å². The summed E-state index contributed by atoms with van der Waals surface area (Å²) in [4.78, 5) is 0.207. The third-order valence-corrected chi connectivity index (χ3v) is 4.07. The summed E-state index contributed by atoms with van der Waals surface area (Å²) in [6.07, 6.45) is 0. The molecule has 1 aromatic rings. The van der Waals surface area contributed by atoms with Crippen LogP contribution in [0.4, 0.5) is 0 Å². The van der Waals surface area contributed by atoms with E-state index in [0.717, 1.165) is 9.87 Å². The Bertz CT molecular complexity index is 474. The van der Waals surface area contributed by atoms with E-state index < -0.39 is 14.7 Å². The average Bonchev–Trinajstić information content (AvgIpc) is 2.15. The van der Waals surface area contributed by atoms with E-state index in [1.807, 2.05) is 6.92 Å². The van der Waals surface area contributed by atoms with Crippen molar-refractivity contribution < 1.29 is 13.1 Å². The Morgan fingerprint density at radius 1 is 1.24 bits per heavy atom. The summed E-state index contributed by atoms with van der Waals surface area (Å²) >= 11 is 0. The number of nitrogens with zero attached hydrogens (tertiary/aromatic N) is 2. The molecule has 0 radical (unpaired) electrons. The summed E-state index contributed by atoms with van der Waals surface area (Å²) in [5.41, 5.74) is 0.992.